The largest absolute Gasteiger partial charge is 0.480 e. The Morgan fingerprint density at radius 2 is 2.03 bits per heavy atom. The molecule has 13 nitrogen and oxygen atoms in total. The van der Waals surface area contributed by atoms with Gasteiger partial charge in [-0.3, -0.25) is 34.7 Å². The third kappa shape index (κ3) is 7.93. The molecule has 0 bridgehead atoms. The fraction of sp³-hybridized carbons (Fsp3) is 0.500. The molecule has 1 aliphatic rings. The van der Waals surface area contributed by atoms with Crippen LogP contribution in [0.5, 0.6) is 0 Å². The first-order valence-electron chi connectivity index (χ1n) is 10.5. The van der Waals surface area contributed by atoms with Crippen LogP contribution in [0.4, 0.5) is 0 Å². The van der Waals surface area contributed by atoms with Gasteiger partial charge in [0.25, 0.3) is 5.91 Å². The Bertz CT molecular complexity index is 1030. The number of hydrogen-bond acceptors (Lipinski definition) is 9. The molecule has 2 rings (SSSR count). The van der Waals surface area contributed by atoms with Gasteiger partial charge >= 0.3 is 17.9 Å². The van der Waals surface area contributed by atoms with E-state index in [1.165, 1.54) is 28.0 Å². The number of nitrogens with one attached hydrogen (secondary N) is 3. The number of nitrogens with two attached hydrogens (primary N) is 2. The Labute approximate surface area is 209 Å². The van der Waals surface area contributed by atoms with Crippen LogP contribution in [0, 0.1) is 0 Å². The Hall–Kier alpha value is -3.17. The van der Waals surface area contributed by atoms with Crippen LogP contribution in [-0.4, -0.2) is 82.2 Å². The van der Waals surface area contributed by atoms with Gasteiger partial charge in [-0.05, 0) is 19.4 Å². The van der Waals surface area contributed by atoms with Crippen LogP contribution in [-0.2, 0) is 29.5 Å². The molecule has 9 N–H and O–H groups in total. The van der Waals surface area contributed by atoms with Gasteiger partial charge in [0.05, 0.1) is 13.5 Å². The highest BCUT2D eigenvalue weighted by Gasteiger charge is 2.40. The highest BCUT2D eigenvalue weighted by Crippen LogP contribution is 2.33. The predicted octanol–water partition coefficient (Wildman–Crippen LogP) is -2.81. The first-order chi connectivity index (χ1) is 16.3. The molecular formula is C20H29N6O7S2+. The average molecular weight is 530 g/mol. The van der Waals surface area contributed by atoms with E-state index in [1.54, 1.807) is 7.05 Å². The molecule has 1 aliphatic heterocycles. The van der Waals surface area contributed by atoms with E-state index in [0.717, 1.165) is 9.77 Å². The van der Waals surface area contributed by atoms with Crippen molar-refractivity contribution >= 4 is 58.7 Å². The van der Waals surface area contributed by atoms with Crippen molar-refractivity contribution in [3.8, 4) is 0 Å². The number of amides is 3. The van der Waals surface area contributed by atoms with Crippen LogP contribution >= 0.6 is 23.1 Å². The van der Waals surface area contributed by atoms with Crippen LogP contribution in [0.3, 0.4) is 0 Å². The van der Waals surface area contributed by atoms with E-state index in [-0.39, 0.29) is 36.9 Å². The number of carboxylic acid groups (broad SMARTS) is 2. The maximum Gasteiger partial charge on any atom is 0.351 e. The number of rotatable bonds is 12. The molecular weight excluding hydrogens is 500 g/mol. The van der Waals surface area contributed by atoms with Gasteiger partial charge in [0.15, 0.2) is 0 Å². The van der Waals surface area contributed by atoms with E-state index in [9.17, 15) is 24.0 Å². The lowest BCUT2D eigenvalue weighted by Gasteiger charge is -2.28. The normalized spacial score (nSPS) is 19.5. The minimum atomic E-state index is -1.24. The number of thiophene rings is 1. The van der Waals surface area contributed by atoms with Crippen molar-refractivity contribution in [2.75, 3.05) is 19.3 Å². The SMILES string of the molecule is CN1C(=O)C[C@@](C)(c2cc(SC[C@H](NC(=O)CC[C@H](N)C(=O)O)C(=O)NCC(=O)O)cs2)[NH+]=C1N. The standard InChI is InChI=1S/C20H28N6O7S2/c1-20(6-15(28)26(2)19(22)25-20)13-5-10(8-35-13)34-9-12(17(31)23-7-16(29)30)24-14(27)4-3-11(21)18(32)33/h5,8,11-12H,3-4,6-7,9,21H2,1-2H3,(H2,22,25)(H,23,31)(H,24,27)(H,29,30)(H,32,33)/p+1/t11-,12-,20-/m0/s1. The zero-order chi connectivity index (χ0) is 26.3. The number of guanidine groups is 1. The van der Waals surface area contributed by atoms with Crippen LogP contribution in [0.1, 0.15) is 31.1 Å². The van der Waals surface area contributed by atoms with E-state index in [2.05, 4.69) is 15.6 Å². The van der Waals surface area contributed by atoms with Crippen molar-refractivity contribution in [1.82, 2.24) is 15.5 Å². The quantitative estimate of drug-likeness (QED) is 0.138. The summed E-state index contributed by atoms with van der Waals surface area (Å²) in [6.07, 6.45) is -0.136. The maximum absolute atomic E-state index is 12.5. The van der Waals surface area contributed by atoms with Crippen molar-refractivity contribution in [3.05, 3.63) is 16.3 Å². The molecule has 0 unspecified atom stereocenters. The van der Waals surface area contributed by atoms with Gasteiger partial charge in [-0.25, -0.2) is 4.90 Å². The molecule has 0 radical (unpaired) electrons. The fourth-order valence-corrected chi connectivity index (χ4v) is 5.30. The molecule has 2 heterocycles. The molecule has 192 valence electrons. The van der Waals surface area contributed by atoms with Crippen molar-refractivity contribution in [1.29, 1.82) is 0 Å². The molecule has 3 amide bonds. The number of carbonyl (C=O) groups is 5. The summed E-state index contributed by atoms with van der Waals surface area (Å²) in [6, 6.07) is -0.432. The summed E-state index contributed by atoms with van der Waals surface area (Å²) in [6.45, 7) is 1.24. The second-order valence-corrected chi connectivity index (χ2v) is 10.1. The second-order valence-electron chi connectivity index (χ2n) is 8.14. The van der Waals surface area contributed by atoms with Crippen molar-refractivity contribution in [3.63, 3.8) is 0 Å². The highest BCUT2D eigenvalue weighted by molar-refractivity contribution is 7.99. The molecule has 35 heavy (non-hydrogen) atoms. The Morgan fingerprint density at radius 1 is 1.34 bits per heavy atom. The topological polar surface area (TPSA) is 219 Å². The van der Waals surface area contributed by atoms with Gasteiger partial charge in [0.1, 0.15) is 24.2 Å². The monoisotopic (exact) mass is 529 g/mol. The number of carbonyl (C=O) groups excluding carboxylic acids is 3. The first kappa shape index (κ1) is 28.1. The average Bonchev–Trinajstić information content (AvgIpc) is 3.26. The molecule has 1 aromatic rings. The van der Waals surface area contributed by atoms with Crippen molar-refractivity contribution < 1.29 is 39.2 Å². The van der Waals surface area contributed by atoms with E-state index < -0.39 is 47.9 Å². The molecule has 0 aliphatic carbocycles. The minimum absolute atomic E-state index is 0.0818. The van der Waals surface area contributed by atoms with Gasteiger partial charge in [0, 0.05) is 27.3 Å². The van der Waals surface area contributed by atoms with Crippen LogP contribution < -0.4 is 27.1 Å². The number of aliphatic carboxylic acids is 2. The maximum atomic E-state index is 12.5. The number of hydrogen-bond donors (Lipinski definition) is 7. The van der Waals surface area contributed by atoms with E-state index in [0.29, 0.717) is 0 Å². The predicted molar refractivity (Wildman–Crippen MR) is 127 cm³/mol. The Morgan fingerprint density at radius 3 is 2.63 bits per heavy atom. The molecule has 0 aromatic carbocycles. The Kier molecular flexibility index (Phi) is 9.62. The molecule has 3 atom stereocenters. The summed E-state index contributed by atoms with van der Waals surface area (Å²) in [7, 11) is 1.58. The van der Waals surface area contributed by atoms with Gasteiger partial charge in [0.2, 0.25) is 11.8 Å². The van der Waals surface area contributed by atoms with E-state index in [4.69, 9.17) is 21.7 Å². The first-order valence-corrected chi connectivity index (χ1v) is 12.3. The molecule has 0 fully saturated rings. The van der Waals surface area contributed by atoms with Gasteiger partial charge in [-0.15, -0.1) is 23.1 Å². The summed E-state index contributed by atoms with van der Waals surface area (Å²) in [5, 5.41) is 24.2. The van der Waals surface area contributed by atoms with Crippen molar-refractivity contribution in [2.24, 2.45) is 11.5 Å². The smallest absolute Gasteiger partial charge is 0.351 e. The van der Waals surface area contributed by atoms with Crippen LogP contribution in [0.2, 0.25) is 0 Å². The lowest BCUT2D eigenvalue weighted by molar-refractivity contribution is -0.566. The summed E-state index contributed by atoms with van der Waals surface area (Å²) < 4.78 is 0. The Balaban J connectivity index is 2.07. The van der Waals surface area contributed by atoms with Crippen LogP contribution in [0.15, 0.2) is 16.3 Å². The molecule has 1 aromatic heterocycles. The zero-order valence-corrected chi connectivity index (χ0v) is 20.8. The van der Waals surface area contributed by atoms with E-state index in [1.807, 2.05) is 18.4 Å². The third-order valence-corrected chi connectivity index (χ3v) is 7.66. The molecule has 0 saturated carbocycles. The van der Waals surface area contributed by atoms with Crippen molar-refractivity contribution in [2.45, 2.75) is 48.7 Å². The molecule has 15 heteroatoms. The zero-order valence-electron chi connectivity index (χ0n) is 19.2. The van der Waals surface area contributed by atoms with Gasteiger partial charge < -0.3 is 26.6 Å². The molecule has 0 spiro atoms. The lowest BCUT2D eigenvalue weighted by atomic mass is 9.94. The second kappa shape index (κ2) is 12.0. The summed E-state index contributed by atoms with van der Waals surface area (Å²) >= 11 is 2.66. The highest BCUT2D eigenvalue weighted by atomic mass is 32.2. The van der Waals surface area contributed by atoms with Gasteiger partial charge in [-0.2, -0.15) is 0 Å². The summed E-state index contributed by atoms with van der Waals surface area (Å²) in [5.74, 6) is -3.57. The number of nitrogens with zero attached hydrogens (tertiary/aromatic N) is 1. The number of carboxylic acids is 2. The lowest BCUT2D eigenvalue weighted by Crippen LogP contribution is -2.91. The van der Waals surface area contributed by atoms with Crippen LogP contribution in [0.25, 0.3) is 0 Å². The summed E-state index contributed by atoms with van der Waals surface area (Å²) in [4.78, 5) is 64.7. The minimum Gasteiger partial charge on any atom is -0.480 e. The van der Waals surface area contributed by atoms with Gasteiger partial charge in [-0.1, -0.05) is 0 Å². The number of thioether (sulfide) groups is 1. The summed E-state index contributed by atoms with van der Waals surface area (Å²) in [5.41, 5.74) is 10.6. The van der Waals surface area contributed by atoms with E-state index >= 15 is 0 Å². The third-order valence-electron chi connectivity index (χ3n) is 5.25. The fourth-order valence-electron chi connectivity index (χ4n) is 3.12. The molecule has 0 saturated heterocycles.